The zero-order valence-corrected chi connectivity index (χ0v) is 46.3. The fraction of sp³-hybridized carbons (Fsp3) is 0.617. The summed E-state index contributed by atoms with van der Waals surface area (Å²) >= 11 is 0. The molecule has 0 spiro atoms. The topological polar surface area (TPSA) is 175 Å². The molecule has 410 valence electrons. The van der Waals surface area contributed by atoms with Crippen LogP contribution in [0.2, 0.25) is 0 Å². The molecule has 2 aromatic rings. The maximum Gasteiger partial charge on any atom is 0.251 e. The number of amides is 5. The number of carbonyl (C=O) groups excluding carboxylic acids is 7. The fourth-order valence-electron chi connectivity index (χ4n) is 12.0. The minimum absolute atomic E-state index is 0.0144. The second kappa shape index (κ2) is 27.5. The van der Waals surface area contributed by atoms with Crippen molar-refractivity contribution < 1.29 is 43.0 Å². The number of piperidine rings is 1. The van der Waals surface area contributed by atoms with Gasteiger partial charge in [-0.05, 0) is 98.6 Å². The molecule has 4 aliphatic rings. The Hall–Kier alpha value is -5.51. The molecular formula is C60H86N6O9. The Morgan fingerprint density at radius 3 is 2.21 bits per heavy atom. The smallest absolute Gasteiger partial charge is 0.251 e. The minimum atomic E-state index is -0.700. The molecule has 1 aliphatic carbocycles. The van der Waals surface area contributed by atoms with E-state index in [4.69, 9.17) is 9.47 Å². The number of anilines is 1. The monoisotopic (exact) mass is 1030 g/mol. The quantitative estimate of drug-likeness (QED) is 0.0741. The first kappa shape index (κ1) is 58.7. The molecule has 15 nitrogen and oxygen atoms in total. The Bertz CT molecular complexity index is 2320. The predicted molar refractivity (Wildman–Crippen MR) is 291 cm³/mol. The van der Waals surface area contributed by atoms with Gasteiger partial charge < -0.3 is 34.8 Å². The Morgan fingerprint density at radius 2 is 1.60 bits per heavy atom. The Morgan fingerprint density at radius 1 is 0.880 bits per heavy atom. The highest BCUT2D eigenvalue weighted by atomic mass is 16.5. The van der Waals surface area contributed by atoms with Crippen molar-refractivity contribution in [1.82, 2.24) is 24.9 Å². The normalized spacial score (nSPS) is 22.1. The van der Waals surface area contributed by atoms with Crippen molar-refractivity contribution >= 4 is 46.8 Å². The molecule has 0 bridgehead atoms. The lowest BCUT2D eigenvalue weighted by molar-refractivity contribution is -0.149. The van der Waals surface area contributed by atoms with Gasteiger partial charge in [0.05, 0.1) is 36.8 Å². The van der Waals surface area contributed by atoms with E-state index >= 15 is 0 Å². The highest BCUT2D eigenvalue weighted by molar-refractivity contribution is 5.96. The third-order valence-electron chi connectivity index (χ3n) is 16.8. The van der Waals surface area contributed by atoms with Gasteiger partial charge in [0, 0.05) is 102 Å². The molecule has 1 saturated carbocycles. The first-order valence-corrected chi connectivity index (χ1v) is 27.6. The molecule has 15 heteroatoms. The van der Waals surface area contributed by atoms with Crippen LogP contribution in [0, 0.1) is 41.4 Å². The van der Waals surface area contributed by atoms with Crippen molar-refractivity contribution in [2.75, 3.05) is 53.3 Å². The number of allylic oxidation sites excluding steroid dienone is 1. The number of hydrogen-bond acceptors (Lipinski definition) is 10. The van der Waals surface area contributed by atoms with Gasteiger partial charge in [0.15, 0.2) is 5.78 Å². The van der Waals surface area contributed by atoms with Crippen LogP contribution in [-0.4, -0.2) is 139 Å². The number of ketones is 2. The lowest BCUT2D eigenvalue weighted by Gasteiger charge is -2.41. The van der Waals surface area contributed by atoms with Gasteiger partial charge in [-0.1, -0.05) is 96.5 Å². The largest absolute Gasteiger partial charge is 0.379 e. The number of likely N-dealkylation sites (tertiary alicyclic amines) is 2. The van der Waals surface area contributed by atoms with E-state index in [9.17, 15) is 33.6 Å². The van der Waals surface area contributed by atoms with Gasteiger partial charge in [0.25, 0.3) is 5.91 Å². The summed E-state index contributed by atoms with van der Waals surface area (Å²) in [5, 5.41) is 5.99. The number of rotatable bonds is 30. The SMILES string of the molecule is C=C1C=CC(=O)N1CCCCCC(=O)NCc1ccc(NC(=O)[C@@H](CC(=O)[C@H](C)[C@@H](OC)[C@@H]2CCCN2C(=O)C[C@@H](OC)[C@H]([C@@H](C)CC)N(C)C(=O)[C@@H](CC(=O)[C@@H]2C3CC3CN2C)C(C)C)Cc2ccccc2)cc1. The van der Waals surface area contributed by atoms with E-state index in [2.05, 4.69) is 36.0 Å². The predicted octanol–water partition coefficient (Wildman–Crippen LogP) is 7.63. The van der Waals surface area contributed by atoms with Crippen LogP contribution >= 0.6 is 0 Å². The molecule has 75 heavy (non-hydrogen) atoms. The summed E-state index contributed by atoms with van der Waals surface area (Å²) in [5.41, 5.74) is 3.05. The van der Waals surface area contributed by atoms with Gasteiger partial charge in [0.2, 0.25) is 23.6 Å². The number of benzene rings is 2. The maximum absolute atomic E-state index is 14.6. The average molecular weight is 1040 g/mol. The van der Waals surface area contributed by atoms with Crippen LogP contribution in [0.25, 0.3) is 0 Å². The summed E-state index contributed by atoms with van der Waals surface area (Å²) in [4.78, 5) is 103. The summed E-state index contributed by atoms with van der Waals surface area (Å²) in [7, 11) is 6.95. The number of hydrogen-bond donors (Lipinski definition) is 2. The van der Waals surface area contributed by atoms with E-state index in [0.29, 0.717) is 68.5 Å². The molecule has 2 unspecified atom stereocenters. The number of likely N-dealkylation sites (N-methyl/N-ethyl adjacent to an activating group) is 2. The molecule has 3 fully saturated rings. The Kier molecular flexibility index (Phi) is 21.5. The number of nitrogens with one attached hydrogen (secondary N) is 2. The summed E-state index contributed by atoms with van der Waals surface area (Å²) in [6, 6.07) is 15.9. The second-order valence-corrected chi connectivity index (χ2v) is 22.3. The molecule has 0 aromatic heterocycles. The number of unbranched alkanes of at least 4 members (excludes halogenated alkanes) is 2. The van der Waals surface area contributed by atoms with Gasteiger partial charge in [0.1, 0.15) is 5.78 Å². The van der Waals surface area contributed by atoms with Crippen LogP contribution in [-0.2, 0) is 56.0 Å². The molecule has 2 saturated heterocycles. The first-order chi connectivity index (χ1) is 35.9. The van der Waals surface area contributed by atoms with Crippen LogP contribution in [0.1, 0.15) is 116 Å². The van der Waals surface area contributed by atoms with Crippen molar-refractivity contribution in [3.63, 3.8) is 0 Å². The van der Waals surface area contributed by atoms with E-state index in [1.807, 2.05) is 75.2 Å². The minimum Gasteiger partial charge on any atom is -0.379 e. The summed E-state index contributed by atoms with van der Waals surface area (Å²) in [5.74, 6) is -1.59. The summed E-state index contributed by atoms with van der Waals surface area (Å²) in [6.07, 6.45) is 8.36. The number of carbonyl (C=O) groups is 7. The van der Waals surface area contributed by atoms with Gasteiger partial charge in [-0.2, -0.15) is 0 Å². The molecule has 6 rings (SSSR count). The van der Waals surface area contributed by atoms with Crippen molar-refractivity contribution in [3.8, 4) is 0 Å². The number of nitrogens with zero attached hydrogens (tertiary/aromatic N) is 4. The number of ether oxygens (including phenoxy) is 2. The molecule has 0 radical (unpaired) electrons. The lowest BCUT2D eigenvalue weighted by atomic mass is 9.84. The zero-order chi connectivity index (χ0) is 54.5. The molecule has 2 N–H and O–H groups in total. The first-order valence-electron chi connectivity index (χ1n) is 27.6. The number of methoxy groups -OCH3 is 2. The molecule has 3 aliphatic heterocycles. The zero-order valence-electron chi connectivity index (χ0n) is 46.3. The van der Waals surface area contributed by atoms with Crippen molar-refractivity contribution in [3.05, 3.63) is 90.2 Å². The highest BCUT2D eigenvalue weighted by Crippen LogP contribution is 2.49. The molecule has 3 heterocycles. The Labute approximate surface area is 446 Å². The molecule has 11 atom stereocenters. The third kappa shape index (κ3) is 15.3. The lowest BCUT2D eigenvalue weighted by Crippen LogP contribution is -2.54. The third-order valence-corrected chi connectivity index (χ3v) is 16.8. The van der Waals surface area contributed by atoms with Crippen molar-refractivity contribution in [1.29, 1.82) is 0 Å². The summed E-state index contributed by atoms with van der Waals surface area (Å²) in [6.45, 7) is 16.2. The Balaban J connectivity index is 1.04. The van der Waals surface area contributed by atoms with Crippen LogP contribution < -0.4 is 10.6 Å². The number of fused-ring (bicyclic) bond motifs is 1. The van der Waals surface area contributed by atoms with E-state index in [1.165, 1.54) is 6.08 Å². The molecule has 2 aromatic carbocycles. The summed E-state index contributed by atoms with van der Waals surface area (Å²) < 4.78 is 12.3. The van der Waals surface area contributed by atoms with Crippen molar-refractivity contribution in [2.24, 2.45) is 41.4 Å². The van der Waals surface area contributed by atoms with E-state index in [-0.39, 0.29) is 78.2 Å². The van der Waals surface area contributed by atoms with Gasteiger partial charge >= 0.3 is 0 Å². The van der Waals surface area contributed by atoms with Crippen LogP contribution in [0.3, 0.4) is 0 Å². The highest BCUT2D eigenvalue weighted by Gasteiger charge is 2.54. The van der Waals surface area contributed by atoms with Gasteiger partial charge in [-0.25, -0.2) is 0 Å². The standard InChI is InChI=1S/C60H86N6O9/c1-11-39(4)56(64(8)60(73)47(38(2)3)34-51(68)57-48-32-45(48)37-63(57)7)52(74-9)35-55(71)66-30-18-21-49(66)58(75-10)41(6)50(67)33-44(31-42-19-14-12-15-20-42)59(72)62-46-26-24-43(25-27-46)36-61-53(69)22-16-13-17-29-65-40(5)23-28-54(65)70/h12,14-15,19-20,23-28,38-39,41,44-45,47-49,52,56-58H,5,11,13,16-18,21-22,29-37H2,1-4,6-10H3,(H,61,69)(H,62,72)/t39-,41-,44+,45?,47-,48?,49-,52+,56-,57-,58+/m0/s1. The second-order valence-electron chi connectivity index (χ2n) is 22.3. The van der Waals surface area contributed by atoms with Crippen LogP contribution in [0.4, 0.5) is 5.69 Å². The van der Waals surface area contributed by atoms with E-state index in [1.54, 1.807) is 49.3 Å². The van der Waals surface area contributed by atoms with Crippen molar-refractivity contribution in [2.45, 2.75) is 149 Å². The van der Waals surface area contributed by atoms with Gasteiger partial charge in [-0.15, -0.1) is 0 Å². The average Bonchev–Trinajstić information content (AvgIpc) is 3.64. The molecule has 5 amide bonds. The number of Topliss-reactive ketones (excluding diaryl/α,β-unsaturated/α-hetero) is 2. The van der Waals surface area contributed by atoms with Crippen LogP contribution in [0.5, 0.6) is 0 Å². The molecular weight excluding hydrogens is 949 g/mol. The van der Waals surface area contributed by atoms with Crippen LogP contribution in [0.15, 0.2) is 79.0 Å². The maximum atomic E-state index is 14.6. The van der Waals surface area contributed by atoms with E-state index in [0.717, 1.165) is 49.8 Å². The van der Waals surface area contributed by atoms with E-state index < -0.39 is 42.0 Å². The van der Waals surface area contributed by atoms with Gasteiger partial charge in [-0.3, -0.25) is 38.5 Å². The fourth-order valence-corrected chi connectivity index (χ4v) is 12.0.